The number of methoxy groups -OCH3 is 2. The van der Waals surface area contributed by atoms with Crippen LogP contribution in [-0.2, 0) is 0 Å². The number of aryl methyl sites for hydroxylation is 1. The van der Waals surface area contributed by atoms with Crippen LogP contribution in [0.25, 0.3) is 0 Å². The zero-order valence-corrected chi connectivity index (χ0v) is 15.0. The molecule has 1 aromatic carbocycles. The summed E-state index contributed by atoms with van der Waals surface area (Å²) in [5.41, 5.74) is 1.11. The van der Waals surface area contributed by atoms with Crippen LogP contribution in [-0.4, -0.2) is 36.6 Å². The van der Waals surface area contributed by atoms with E-state index in [1.54, 1.807) is 39.3 Å². The lowest BCUT2D eigenvalue weighted by Gasteiger charge is -2.12. The zero-order valence-electron chi connectivity index (χ0n) is 15.0. The van der Waals surface area contributed by atoms with Crippen LogP contribution in [0.3, 0.4) is 0 Å². The highest BCUT2D eigenvalue weighted by Gasteiger charge is 2.11. The number of unbranched alkanes of at least 4 members (excludes halogenated alkanes) is 1. The van der Waals surface area contributed by atoms with Crippen molar-refractivity contribution in [3.63, 3.8) is 0 Å². The van der Waals surface area contributed by atoms with Gasteiger partial charge in [-0.05, 0) is 25.5 Å². The maximum absolute atomic E-state index is 12.2. The molecular formula is C18H24N4O3. The summed E-state index contributed by atoms with van der Waals surface area (Å²) in [4.78, 5) is 20.7. The highest BCUT2D eigenvalue weighted by molar-refractivity contribution is 5.93. The summed E-state index contributed by atoms with van der Waals surface area (Å²) in [6.45, 7) is 4.46. The molecule has 0 aliphatic heterocycles. The molecule has 2 rings (SSSR count). The SMILES string of the molecule is CCCCNC(=O)c1cc(Nc2ccc(OC)c(OC)c2)nc(C)n1. The Hall–Kier alpha value is -2.83. The molecule has 0 bridgehead atoms. The molecule has 7 nitrogen and oxygen atoms in total. The third-order valence-electron chi connectivity index (χ3n) is 3.54. The van der Waals surface area contributed by atoms with Gasteiger partial charge in [0.2, 0.25) is 0 Å². The van der Waals surface area contributed by atoms with Gasteiger partial charge in [-0.15, -0.1) is 0 Å². The molecule has 1 aromatic heterocycles. The van der Waals surface area contributed by atoms with Crippen molar-refractivity contribution >= 4 is 17.4 Å². The van der Waals surface area contributed by atoms with Crippen LogP contribution in [0.15, 0.2) is 24.3 Å². The van der Waals surface area contributed by atoms with Gasteiger partial charge in [-0.1, -0.05) is 13.3 Å². The molecule has 0 radical (unpaired) electrons. The molecule has 25 heavy (non-hydrogen) atoms. The van der Waals surface area contributed by atoms with E-state index in [2.05, 4.69) is 27.5 Å². The number of carbonyl (C=O) groups excluding carboxylic acids is 1. The molecular weight excluding hydrogens is 320 g/mol. The number of nitrogens with one attached hydrogen (secondary N) is 2. The summed E-state index contributed by atoms with van der Waals surface area (Å²) < 4.78 is 10.5. The van der Waals surface area contributed by atoms with Gasteiger partial charge in [0.25, 0.3) is 5.91 Å². The third-order valence-corrected chi connectivity index (χ3v) is 3.54. The molecule has 0 fully saturated rings. The first-order valence-electron chi connectivity index (χ1n) is 8.20. The molecule has 0 spiro atoms. The lowest BCUT2D eigenvalue weighted by atomic mass is 10.2. The van der Waals surface area contributed by atoms with Gasteiger partial charge in [-0.3, -0.25) is 4.79 Å². The minimum Gasteiger partial charge on any atom is -0.493 e. The molecule has 2 N–H and O–H groups in total. The number of hydrogen-bond acceptors (Lipinski definition) is 6. The van der Waals surface area contributed by atoms with Crippen molar-refractivity contribution in [3.8, 4) is 11.5 Å². The molecule has 0 aliphatic carbocycles. The summed E-state index contributed by atoms with van der Waals surface area (Å²) in [6.07, 6.45) is 1.96. The Bertz CT molecular complexity index is 734. The Balaban J connectivity index is 2.18. The molecule has 1 heterocycles. The Kier molecular flexibility index (Phi) is 6.56. The van der Waals surface area contributed by atoms with Crippen molar-refractivity contribution in [2.75, 3.05) is 26.1 Å². The van der Waals surface area contributed by atoms with Crippen molar-refractivity contribution in [2.24, 2.45) is 0 Å². The van der Waals surface area contributed by atoms with Crippen molar-refractivity contribution in [1.29, 1.82) is 0 Å². The Morgan fingerprint density at radius 2 is 1.88 bits per heavy atom. The molecule has 7 heteroatoms. The monoisotopic (exact) mass is 344 g/mol. The highest BCUT2D eigenvalue weighted by atomic mass is 16.5. The number of amides is 1. The number of hydrogen-bond donors (Lipinski definition) is 2. The van der Waals surface area contributed by atoms with Crippen molar-refractivity contribution in [3.05, 3.63) is 35.8 Å². The number of nitrogens with zero attached hydrogens (tertiary/aromatic N) is 2. The van der Waals surface area contributed by atoms with Gasteiger partial charge in [0.05, 0.1) is 14.2 Å². The second-order valence-corrected chi connectivity index (χ2v) is 5.49. The standard InChI is InChI=1S/C18H24N4O3/c1-5-6-9-19-18(23)14-11-17(21-12(2)20-14)22-13-7-8-15(24-3)16(10-13)25-4/h7-8,10-11H,5-6,9H2,1-4H3,(H,19,23)(H,20,21,22). The van der Waals surface area contributed by atoms with Gasteiger partial charge in [0, 0.05) is 24.4 Å². The molecule has 0 saturated carbocycles. The molecule has 0 atom stereocenters. The molecule has 2 aromatic rings. The van der Waals surface area contributed by atoms with Gasteiger partial charge in [0.1, 0.15) is 17.3 Å². The molecule has 1 amide bonds. The van der Waals surface area contributed by atoms with E-state index < -0.39 is 0 Å². The van der Waals surface area contributed by atoms with E-state index in [0.717, 1.165) is 18.5 Å². The smallest absolute Gasteiger partial charge is 0.270 e. The lowest BCUT2D eigenvalue weighted by Crippen LogP contribution is -2.25. The summed E-state index contributed by atoms with van der Waals surface area (Å²) >= 11 is 0. The van der Waals surface area contributed by atoms with Gasteiger partial charge in [-0.2, -0.15) is 0 Å². The minimum atomic E-state index is -0.200. The van der Waals surface area contributed by atoms with Gasteiger partial charge in [-0.25, -0.2) is 9.97 Å². The minimum absolute atomic E-state index is 0.200. The topological polar surface area (TPSA) is 85.4 Å². The average molecular weight is 344 g/mol. The van der Waals surface area contributed by atoms with E-state index in [1.807, 2.05) is 6.07 Å². The van der Waals surface area contributed by atoms with E-state index in [4.69, 9.17) is 9.47 Å². The lowest BCUT2D eigenvalue weighted by molar-refractivity contribution is 0.0948. The number of carbonyl (C=O) groups is 1. The highest BCUT2D eigenvalue weighted by Crippen LogP contribution is 2.30. The van der Waals surface area contributed by atoms with Crippen molar-refractivity contribution < 1.29 is 14.3 Å². The van der Waals surface area contributed by atoms with Crippen LogP contribution in [0.1, 0.15) is 36.1 Å². The molecule has 134 valence electrons. The van der Waals surface area contributed by atoms with Crippen molar-refractivity contribution in [1.82, 2.24) is 15.3 Å². The van der Waals surface area contributed by atoms with Crippen LogP contribution in [0.4, 0.5) is 11.5 Å². The van der Waals surface area contributed by atoms with E-state index in [0.29, 0.717) is 35.4 Å². The fraction of sp³-hybridized carbons (Fsp3) is 0.389. The second-order valence-electron chi connectivity index (χ2n) is 5.49. The molecule has 0 saturated heterocycles. The fourth-order valence-electron chi connectivity index (χ4n) is 2.28. The first kappa shape index (κ1) is 18.5. The maximum Gasteiger partial charge on any atom is 0.270 e. The number of aromatic nitrogens is 2. The Morgan fingerprint density at radius 3 is 2.56 bits per heavy atom. The predicted molar refractivity (Wildman–Crippen MR) is 96.8 cm³/mol. The predicted octanol–water partition coefficient (Wildman–Crippen LogP) is 3.08. The van der Waals surface area contributed by atoms with Crippen LogP contribution < -0.4 is 20.1 Å². The second kappa shape index (κ2) is 8.86. The van der Waals surface area contributed by atoms with E-state index >= 15 is 0 Å². The summed E-state index contributed by atoms with van der Waals surface area (Å²) in [7, 11) is 3.16. The van der Waals surface area contributed by atoms with E-state index in [9.17, 15) is 4.79 Å². The average Bonchev–Trinajstić information content (AvgIpc) is 2.61. The summed E-state index contributed by atoms with van der Waals surface area (Å²) in [6, 6.07) is 7.08. The maximum atomic E-state index is 12.2. The van der Waals surface area contributed by atoms with Gasteiger partial charge < -0.3 is 20.1 Å². The van der Waals surface area contributed by atoms with E-state index in [-0.39, 0.29) is 5.91 Å². The van der Waals surface area contributed by atoms with Gasteiger partial charge in [0.15, 0.2) is 11.5 Å². The fourth-order valence-corrected chi connectivity index (χ4v) is 2.28. The van der Waals surface area contributed by atoms with Crippen molar-refractivity contribution in [2.45, 2.75) is 26.7 Å². The summed E-state index contributed by atoms with van der Waals surface area (Å²) in [5.74, 6) is 2.11. The zero-order chi connectivity index (χ0) is 18.2. The number of rotatable bonds is 8. The quantitative estimate of drug-likeness (QED) is 0.716. The molecule has 0 unspecified atom stereocenters. The van der Waals surface area contributed by atoms with E-state index in [1.165, 1.54) is 0 Å². The first-order chi connectivity index (χ1) is 12.1. The Morgan fingerprint density at radius 1 is 1.12 bits per heavy atom. The molecule has 0 aliphatic rings. The van der Waals surface area contributed by atoms with Crippen LogP contribution in [0, 0.1) is 6.92 Å². The number of benzene rings is 1. The Labute approximate surface area is 147 Å². The largest absolute Gasteiger partial charge is 0.493 e. The number of anilines is 2. The van der Waals surface area contributed by atoms with Gasteiger partial charge >= 0.3 is 0 Å². The first-order valence-corrected chi connectivity index (χ1v) is 8.20. The van der Waals surface area contributed by atoms with Crippen LogP contribution in [0.2, 0.25) is 0 Å². The third kappa shape index (κ3) is 5.07. The normalized spacial score (nSPS) is 10.2. The number of ether oxygens (including phenoxy) is 2. The summed E-state index contributed by atoms with van der Waals surface area (Å²) in [5, 5.41) is 6.02. The van der Waals surface area contributed by atoms with Crippen LogP contribution >= 0.6 is 0 Å². The van der Waals surface area contributed by atoms with Crippen LogP contribution in [0.5, 0.6) is 11.5 Å².